The van der Waals surface area contributed by atoms with E-state index in [1.807, 2.05) is 160 Å². The molecular weight excluding hydrogens is 1790 g/mol. The number of hydroxylamine groups is 2. The Balaban J connectivity index is 0.000000374. The first-order valence-electron chi connectivity index (χ1n) is 41.9. The summed E-state index contributed by atoms with van der Waals surface area (Å²) in [6, 6.07) is 66.2. The number of rotatable bonds is 25. The molecule has 2 bridgehead atoms. The first-order chi connectivity index (χ1) is 58.3. The number of sulfone groups is 2. The van der Waals surface area contributed by atoms with Crippen LogP contribution in [0.2, 0.25) is 0 Å². The van der Waals surface area contributed by atoms with E-state index < -0.39 is 76.2 Å². The molecule has 1 amide bonds. The van der Waals surface area contributed by atoms with Gasteiger partial charge in [0.1, 0.15) is 23.4 Å². The summed E-state index contributed by atoms with van der Waals surface area (Å²) in [5.74, 6) is -0.581. The predicted octanol–water partition coefficient (Wildman–Crippen LogP) is 16.1. The Kier molecular flexibility index (Phi) is 56.7. The fourth-order valence-electron chi connectivity index (χ4n) is 12.6. The number of ether oxygens (including phenoxy) is 6. The number of esters is 1. The number of benzene rings is 7. The van der Waals surface area contributed by atoms with Gasteiger partial charge in [-0.2, -0.15) is 5.06 Å². The number of alkyl halides is 2. The maximum Gasteiger partial charge on any atom is 1.00 e. The Labute approximate surface area is 824 Å². The minimum Gasteiger partial charge on any atom is -0.850 e. The number of aliphatic hydroxyl groups is 1. The topological polar surface area (TPSA) is 248 Å². The molecule has 1 saturated heterocycles. The summed E-state index contributed by atoms with van der Waals surface area (Å²) >= 11 is 6.80. The third-order valence-corrected chi connectivity index (χ3v) is 25.0. The maximum absolute atomic E-state index is 13.3. The van der Waals surface area contributed by atoms with Crippen molar-refractivity contribution in [3.8, 4) is 0 Å². The number of halogens is 2. The molecule has 7 aromatic rings. The van der Waals surface area contributed by atoms with E-state index in [0.29, 0.717) is 71.8 Å². The molecule has 14 rings (SSSR count). The van der Waals surface area contributed by atoms with Gasteiger partial charge < -0.3 is 47.1 Å². The number of carbonyl (C=O) groups is 2. The van der Waals surface area contributed by atoms with Gasteiger partial charge >= 0.3 is 93.0 Å². The van der Waals surface area contributed by atoms with Crippen molar-refractivity contribution >= 4 is 74.3 Å². The maximum atomic E-state index is 13.3. The minimum atomic E-state index is -3.44. The van der Waals surface area contributed by atoms with Crippen molar-refractivity contribution in [3.05, 3.63) is 307 Å². The van der Waals surface area contributed by atoms with Crippen LogP contribution in [0.25, 0.3) is 0 Å². The molecule has 25 heteroatoms. The molecule has 666 valence electrons. The van der Waals surface area contributed by atoms with Crippen molar-refractivity contribution in [2.75, 3.05) is 38.4 Å². The number of nitrogens with zero attached hydrogens (tertiary/aromatic N) is 1. The molecule has 0 spiro atoms. The normalized spacial score (nSPS) is 18.4. The summed E-state index contributed by atoms with van der Waals surface area (Å²) in [5, 5.41) is 20.3. The van der Waals surface area contributed by atoms with E-state index in [1.54, 1.807) is 120 Å². The van der Waals surface area contributed by atoms with E-state index >= 15 is 0 Å². The molecule has 7 aromatic carbocycles. The average Bonchev–Trinajstić information content (AvgIpc) is 0.801. The van der Waals surface area contributed by atoms with Crippen molar-refractivity contribution in [2.24, 2.45) is 0 Å². The Morgan fingerprint density at radius 1 is 0.532 bits per heavy atom. The van der Waals surface area contributed by atoms with Gasteiger partial charge in [0.15, 0.2) is 19.7 Å². The van der Waals surface area contributed by atoms with Crippen molar-refractivity contribution in [2.45, 2.75) is 249 Å². The first kappa shape index (κ1) is 113. The quantitative estimate of drug-likeness (QED) is 0.0139. The van der Waals surface area contributed by atoms with Gasteiger partial charge in [-0.25, -0.2) is 26.4 Å². The van der Waals surface area contributed by atoms with Crippen LogP contribution in [0.15, 0.2) is 299 Å². The fraction of sp³-hybridized carbons (Fsp3) is 0.434. The van der Waals surface area contributed by atoms with Crippen LogP contribution in [0.4, 0.5) is 4.79 Å². The largest absolute Gasteiger partial charge is 1.00 e. The molecule has 5 aliphatic carbocycles. The third kappa shape index (κ3) is 48.0. The summed E-state index contributed by atoms with van der Waals surface area (Å²) in [7, 11) is -8.66. The number of hydrogen-bond donors (Lipinski definition) is 1. The van der Waals surface area contributed by atoms with E-state index in [9.17, 15) is 39.9 Å². The van der Waals surface area contributed by atoms with E-state index in [4.69, 9.17) is 38.4 Å². The second kappa shape index (κ2) is 62.2. The molecule has 1 fully saturated rings. The Bertz CT molecular complexity index is 4560. The number of amides is 1. The molecule has 7 aliphatic rings. The summed E-state index contributed by atoms with van der Waals surface area (Å²) in [6.07, 6.45) is 38.0. The molecule has 3 unspecified atom stereocenters. The molecule has 0 aromatic heterocycles. The SMILES string of the molecule is BrC1C=CCCC1.BrCCOCc1ccccc1.C1=CCCC(CCOCc2ccccc2)=C1.CC(C)(C)OC(=O)CO.CC(C)(C)OC(=O)N1O[C@@]2(CCOCc3ccccc3)C=C[C@@H]1CC2.CC(C)(C)[O-].O=S(=O)(c1ccccc1)C1(CCOCc2ccccc2)C=CCCC1.O=S(=O)(c1ccccc1)C1C=CCCC1.O=[S-](=O)c1ccccc1.[K+].[Na+]. The van der Waals surface area contributed by atoms with Crippen LogP contribution < -0.4 is 86.0 Å². The van der Waals surface area contributed by atoms with Crippen LogP contribution in [0.3, 0.4) is 0 Å². The van der Waals surface area contributed by atoms with Crippen LogP contribution in [-0.4, -0.2) is 121 Å². The monoisotopic (exact) mass is 1920 g/mol. The van der Waals surface area contributed by atoms with Gasteiger partial charge in [-0.3, -0.25) is 4.84 Å². The number of hydrogen-bond acceptors (Lipinski definition) is 18. The predicted molar refractivity (Wildman–Crippen MR) is 494 cm³/mol. The van der Waals surface area contributed by atoms with Gasteiger partial charge in [-0.1, -0.05) is 318 Å². The van der Waals surface area contributed by atoms with E-state index in [2.05, 4.69) is 92.6 Å². The van der Waals surface area contributed by atoms with E-state index in [0.717, 1.165) is 87.6 Å². The molecule has 2 heterocycles. The molecule has 124 heavy (non-hydrogen) atoms. The zero-order valence-electron chi connectivity index (χ0n) is 74.6. The van der Waals surface area contributed by atoms with Crippen LogP contribution in [0.5, 0.6) is 0 Å². The molecule has 0 saturated carbocycles. The molecule has 1 N–H and O–H groups in total. The van der Waals surface area contributed by atoms with Crippen molar-refractivity contribution < 1.29 is 159 Å². The molecule has 5 atom stereocenters. The minimum absolute atomic E-state index is 0. The second-order valence-corrected chi connectivity index (χ2v) is 39.9. The summed E-state index contributed by atoms with van der Waals surface area (Å²) in [6.45, 7) is 20.3. The molecule has 2 aliphatic heterocycles. The van der Waals surface area contributed by atoms with Crippen molar-refractivity contribution in [1.29, 1.82) is 0 Å². The Morgan fingerprint density at radius 2 is 0.976 bits per heavy atom. The smallest absolute Gasteiger partial charge is 0.850 e. The van der Waals surface area contributed by atoms with Crippen LogP contribution in [-0.2, 0) is 103 Å². The van der Waals surface area contributed by atoms with Crippen LogP contribution >= 0.6 is 31.9 Å². The number of carbonyl (C=O) groups excluding carboxylic acids is 2. The van der Waals surface area contributed by atoms with Gasteiger partial charge in [0.05, 0.1) is 72.1 Å². The zero-order valence-corrected chi connectivity index (χ0v) is 85.3. The van der Waals surface area contributed by atoms with Gasteiger partial charge in [0.2, 0.25) is 0 Å². The van der Waals surface area contributed by atoms with Crippen molar-refractivity contribution in [3.63, 3.8) is 0 Å². The van der Waals surface area contributed by atoms with Crippen LogP contribution in [0.1, 0.15) is 187 Å². The summed E-state index contributed by atoms with van der Waals surface area (Å²) in [4.78, 5) is 30.6. The summed E-state index contributed by atoms with van der Waals surface area (Å²) in [5.41, 5.74) is 4.00. The Morgan fingerprint density at radius 3 is 1.35 bits per heavy atom. The Hall–Kier alpha value is -5.11. The van der Waals surface area contributed by atoms with Crippen molar-refractivity contribution in [1.82, 2.24) is 5.06 Å². The first-order valence-corrected chi connectivity index (χ1v) is 48.1. The van der Waals surface area contributed by atoms with Crippen LogP contribution in [0, 0.1) is 0 Å². The number of fused-ring (bicyclic) bond motifs is 2. The third-order valence-electron chi connectivity index (χ3n) is 18.7. The standard InChI is InChI=1S/C21H24O3S.C20H27NO4.C15H18O.C12H14O2S.C9H11BrO.C6H9Br.C6H12O3.C6H5O2S.C4H9O.K.Na/c22-25(23,20-12-6-2-7-13-20)21(14-8-3-9-15-21)16-17-24-18-19-10-4-1-5-11-19;1-19(2,3)24-18(22)21-17-9-11-20(25-21,12-10-17)13-14-23-15-16-7-5-4-6-8-16;1-3-7-14(8-4-1)11-12-16-13-15-9-5-2-6-10-15;13-15(14,11-7-3-1-4-8-11)12-9-5-2-6-10-12;10-6-7-11-8-9-4-2-1-3-5-9;7-6-4-2-1-3-5-6;1-6(2,3)9-5(8)4-7;7-9(8)6-4-2-1-3-5-6;1-4(2,3)5;;/h1-2,4-8,10-14H,3,9,15-18H2;4-9,11,17H,10,12-15H2,1-3H3;1-3,5-7,9-10H,4,8,11-13H2;1,3-5,7-9,12H,2,6,10H2;1-5H,6-8H2;2,4,6H,1,3,5H2;7H,4H2,1-3H3;1-5H;1-3H3;;/q;;;;;;;2*-1;2*+1/t;17-,20+;;;;;;;;;/m.1........./s1. The van der Waals surface area contributed by atoms with Gasteiger partial charge in [0.25, 0.3) is 0 Å². The fourth-order valence-corrected chi connectivity index (χ4v) is 17.4. The zero-order chi connectivity index (χ0) is 89.0. The summed E-state index contributed by atoms with van der Waals surface area (Å²) < 4.78 is 103. The van der Waals surface area contributed by atoms with Gasteiger partial charge in [-0.15, -0.1) is 5.60 Å². The molecule has 18 nitrogen and oxygen atoms in total. The molecule has 0 radical (unpaired) electrons. The number of aliphatic hydroxyl groups excluding tert-OH is 1. The number of allylic oxidation sites excluding steroid dienone is 7. The molecular formula is C99H129Br2KNNaO17S3. The van der Waals surface area contributed by atoms with Gasteiger partial charge in [0, 0.05) is 23.2 Å². The second-order valence-electron chi connectivity index (χ2n) is 32.5. The average molecular weight is 1920 g/mol. The van der Waals surface area contributed by atoms with E-state index in [1.165, 1.54) is 53.9 Å². The van der Waals surface area contributed by atoms with E-state index in [-0.39, 0.29) is 92.2 Å². The van der Waals surface area contributed by atoms with Gasteiger partial charge in [-0.05, 0) is 195 Å².